The van der Waals surface area contributed by atoms with E-state index in [1.165, 1.54) is 4.57 Å². The third kappa shape index (κ3) is 3.24. The number of nitrogens with one attached hydrogen (secondary N) is 1. The van der Waals surface area contributed by atoms with Gasteiger partial charge in [0.1, 0.15) is 25.3 Å². The van der Waals surface area contributed by atoms with Crippen LogP contribution in [0.5, 0.6) is 11.5 Å². The van der Waals surface area contributed by atoms with Crippen molar-refractivity contribution >= 4 is 17.1 Å². The predicted molar refractivity (Wildman–Crippen MR) is 107 cm³/mol. The Morgan fingerprint density at radius 2 is 2.07 bits per heavy atom. The molecule has 3 aromatic rings. The molecule has 0 spiro atoms. The number of ether oxygens (including phenoxy) is 2. The van der Waals surface area contributed by atoms with E-state index in [0.29, 0.717) is 41.8 Å². The molecule has 0 radical (unpaired) electrons. The lowest BCUT2D eigenvalue weighted by Crippen LogP contribution is -2.29. The molecule has 2 aromatic heterocycles. The number of anilines is 1. The Kier molecular flexibility index (Phi) is 4.26. The van der Waals surface area contributed by atoms with E-state index >= 15 is 0 Å². The van der Waals surface area contributed by atoms with Crippen LogP contribution in [0.15, 0.2) is 35.4 Å². The highest BCUT2D eigenvalue weighted by Crippen LogP contribution is 2.32. The molecule has 1 N–H and O–H groups in total. The Morgan fingerprint density at radius 3 is 2.93 bits per heavy atom. The number of rotatable bonds is 3. The summed E-state index contributed by atoms with van der Waals surface area (Å²) in [6, 6.07) is 5.25. The first kappa shape index (κ1) is 17.8. The molecular weight excluding hydrogens is 372 g/mol. The highest BCUT2D eigenvalue weighted by Gasteiger charge is 2.23. The minimum Gasteiger partial charge on any atom is -0.486 e. The molecule has 8 heteroatoms. The summed E-state index contributed by atoms with van der Waals surface area (Å²) in [5.41, 5.74) is 3.02. The summed E-state index contributed by atoms with van der Waals surface area (Å²) in [7, 11) is 0. The van der Waals surface area contributed by atoms with Crippen LogP contribution in [-0.4, -0.2) is 33.3 Å². The van der Waals surface area contributed by atoms with Crippen LogP contribution in [0.1, 0.15) is 24.6 Å². The van der Waals surface area contributed by atoms with Gasteiger partial charge in [0, 0.05) is 29.7 Å². The second kappa shape index (κ2) is 6.95. The van der Waals surface area contributed by atoms with Crippen molar-refractivity contribution in [3.05, 3.63) is 52.2 Å². The molecule has 0 unspecified atom stereocenters. The fourth-order valence-corrected chi connectivity index (χ4v) is 4.05. The van der Waals surface area contributed by atoms with Gasteiger partial charge in [0.15, 0.2) is 11.5 Å². The highest BCUT2D eigenvalue weighted by molar-refractivity contribution is 5.91. The zero-order valence-electron chi connectivity index (χ0n) is 16.2. The van der Waals surface area contributed by atoms with E-state index in [4.69, 9.17) is 9.47 Å². The molecule has 29 heavy (non-hydrogen) atoms. The third-order valence-electron chi connectivity index (χ3n) is 5.51. The minimum atomic E-state index is -0.283. The van der Waals surface area contributed by atoms with Gasteiger partial charge < -0.3 is 19.4 Å². The van der Waals surface area contributed by atoms with Crippen molar-refractivity contribution < 1.29 is 14.3 Å². The van der Waals surface area contributed by atoms with Crippen LogP contribution in [-0.2, 0) is 24.2 Å². The first-order chi connectivity index (χ1) is 14.1. The molecule has 1 aliphatic carbocycles. The van der Waals surface area contributed by atoms with E-state index in [2.05, 4.69) is 17.3 Å². The van der Waals surface area contributed by atoms with Gasteiger partial charge in [0.25, 0.3) is 5.56 Å². The van der Waals surface area contributed by atoms with Crippen molar-refractivity contribution in [3.8, 4) is 11.5 Å². The summed E-state index contributed by atoms with van der Waals surface area (Å²) in [5, 5.41) is 7.38. The van der Waals surface area contributed by atoms with Crippen LogP contribution >= 0.6 is 0 Å². The van der Waals surface area contributed by atoms with E-state index in [1.807, 2.05) is 0 Å². The quantitative estimate of drug-likeness (QED) is 0.735. The maximum absolute atomic E-state index is 13.0. The zero-order valence-corrected chi connectivity index (χ0v) is 16.2. The number of hydrogen-bond donors (Lipinski definition) is 1. The second-order valence-corrected chi connectivity index (χ2v) is 7.70. The van der Waals surface area contributed by atoms with Crippen molar-refractivity contribution in [2.24, 2.45) is 5.92 Å². The van der Waals surface area contributed by atoms with E-state index in [-0.39, 0.29) is 18.0 Å². The van der Waals surface area contributed by atoms with Gasteiger partial charge in [-0.2, -0.15) is 5.10 Å². The SMILES string of the molecule is C[C@H]1CCc2nn3ccn(CC(=O)Nc4ccc5c(c4)OCCO5)c(=O)c3c2C1. The normalized spacial score (nSPS) is 17.8. The van der Waals surface area contributed by atoms with Crippen molar-refractivity contribution in [1.82, 2.24) is 14.2 Å². The molecule has 0 saturated heterocycles. The molecule has 5 rings (SSSR count). The summed E-state index contributed by atoms with van der Waals surface area (Å²) >= 11 is 0. The number of nitrogens with zero attached hydrogens (tertiary/aromatic N) is 3. The van der Waals surface area contributed by atoms with Gasteiger partial charge in [-0.15, -0.1) is 0 Å². The van der Waals surface area contributed by atoms with Crippen LogP contribution in [0.4, 0.5) is 5.69 Å². The summed E-state index contributed by atoms with van der Waals surface area (Å²) < 4.78 is 14.1. The van der Waals surface area contributed by atoms with Crippen molar-refractivity contribution in [1.29, 1.82) is 0 Å². The molecule has 0 saturated carbocycles. The third-order valence-corrected chi connectivity index (χ3v) is 5.51. The Bertz CT molecular complexity index is 1160. The smallest absolute Gasteiger partial charge is 0.277 e. The number of amides is 1. The molecule has 1 aromatic carbocycles. The van der Waals surface area contributed by atoms with Gasteiger partial charge in [0.2, 0.25) is 5.91 Å². The Labute approximate surface area is 167 Å². The first-order valence-corrected chi connectivity index (χ1v) is 9.87. The molecule has 8 nitrogen and oxygen atoms in total. The summed E-state index contributed by atoms with van der Waals surface area (Å²) in [4.78, 5) is 25.6. The van der Waals surface area contributed by atoms with Gasteiger partial charge in [-0.1, -0.05) is 6.92 Å². The maximum Gasteiger partial charge on any atom is 0.277 e. The number of aromatic nitrogens is 3. The predicted octanol–water partition coefficient (Wildman–Crippen LogP) is 2.03. The number of benzene rings is 1. The van der Waals surface area contributed by atoms with Crippen molar-refractivity contribution in [2.45, 2.75) is 32.7 Å². The van der Waals surface area contributed by atoms with Gasteiger partial charge in [-0.25, -0.2) is 4.52 Å². The molecule has 2 aliphatic rings. The topological polar surface area (TPSA) is 86.9 Å². The van der Waals surface area contributed by atoms with Gasteiger partial charge in [-0.3, -0.25) is 9.59 Å². The largest absolute Gasteiger partial charge is 0.486 e. The van der Waals surface area contributed by atoms with Crippen LogP contribution < -0.4 is 20.3 Å². The highest BCUT2D eigenvalue weighted by atomic mass is 16.6. The van der Waals surface area contributed by atoms with Crippen molar-refractivity contribution in [2.75, 3.05) is 18.5 Å². The van der Waals surface area contributed by atoms with E-state index in [1.54, 1.807) is 35.1 Å². The maximum atomic E-state index is 13.0. The minimum absolute atomic E-state index is 0.0702. The standard InChI is InChI=1S/C21H22N4O4/c1-13-2-4-16-15(10-13)20-21(27)24(6-7-25(20)23-16)12-19(26)22-14-3-5-17-18(11-14)29-9-8-28-17/h3,5-7,11,13H,2,4,8-10,12H2,1H3,(H,22,26)/t13-/m0/s1. The van der Waals surface area contributed by atoms with Crippen molar-refractivity contribution in [3.63, 3.8) is 0 Å². The Morgan fingerprint density at radius 1 is 1.24 bits per heavy atom. The molecule has 0 bridgehead atoms. The number of fused-ring (bicyclic) bond motifs is 4. The molecule has 0 fully saturated rings. The summed E-state index contributed by atoms with van der Waals surface area (Å²) in [6.07, 6.45) is 6.18. The molecule has 1 amide bonds. The first-order valence-electron chi connectivity index (χ1n) is 9.87. The summed E-state index contributed by atoms with van der Waals surface area (Å²) in [5.74, 6) is 1.51. The van der Waals surface area contributed by atoms with Crippen LogP contribution in [0, 0.1) is 5.92 Å². The second-order valence-electron chi connectivity index (χ2n) is 7.70. The molecule has 3 heterocycles. The van der Waals surface area contributed by atoms with Gasteiger partial charge in [0.05, 0.1) is 5.69 Å². The molecule has 1 atom stereocenters. The van der Waals surface area contributed by atoms with E-state index in [0.717, 1.165) is 30.5 Å². The zero-order chi connectivity index (χ0) is 20.0. The van der Waals surface area contributed by atoms with Crippen LogP contribution in [0.2, 0.25) is 0 Å². The van der Waals surface area contributed by atoms with Crippen LogP contribution in [0.25, 0.3) is 5.52 Å². The average Bonchev–Trinajstić information content (AvgIpc) is 3.08. The lowest BCUT2D eigenvalue weighted by Gasteiger charge is -2.19. The lowest BCUT2D eigenvalue weighted by atomic mass is 9.88. The fourth-order valence-electron chi connectivity index (χ4n) is 4.05. The number of carbonyl (C=O) groups excluding carboxylic acids is 1. The fraction of sp³-hybridized carbons (Fsp3) is 0.381. The van der Waals surface area contributed by atoms with E-state index < -0.39 is 0 Å². The summed E-state index contributed by atoms with van der Waals surface area (Å²) in [6.45, 7) is 3.11. The molecule has 1 aliphatic heterocycles. The lowest BCUT2D eigenvalue weighted by molar-refractivity contribution is -0.116. The number of hydrogen-bond acceptors (Lipinski definition) is 5. The monoisotopic (exact) mass is 394 g/mol. The number of carbonyl (C=O) groups is 1. The van der Waals surface area contributed by atoms with Crippen LogP contribution in [0.3, 0.4) is 0 Å². The van der Waals surface area contributed by atoms with E-state index in [9.17, 15) is 9.59 Å². The Balaban J connectivity index is 1.39. The molecular formula is C21H22N4O4. The number of aryl methyl sites for hydroxylation is 1. The van der Waals surface area contributed by atoms with Gasteiger partial charge in [-0.05, 0) is 37.3 Å². The molecule has 150 valence electrons. The average molecular weight is 394 g/mol. The Hall–Kier alpha value is -3.29. The van der Waals surface area contributed by atoms with Gasteiger partial charge >= 0.3 is 0 Å².